The highest BCUT2D eigenvalue weighted by Crippen LogP contribution is 2.28. The van der Waals surface area contributed by atoms with E-state index in [2.05, 4.69) is 19.2 Å². The van der Waals surface area contributed by atoms with Gasteiger partial charge in [0.2, 0.25) is 0 Å². The van der Waals surface area contributed by atoms with Crippen molar-refractivity contribution >= 4 is 6.03 Å². The molecule has 0 aliphatic carbocycles. The fourth-order valence-corrected chi connectivity index (χ4v) is 3.40. The van der Waals surface area contributed by atoms with Gasteiger partial charge in [0.25, 0.3) is 0 Å². The third-order valence-electron chi connectivity index (χ3n) is 4.37. The summed E-state index contributed by atoms with van der Waals surface area (Å²) in [6, 6.07) is 5.96. The van der Waals surface area contributed by atoms with Gasteiger partial charge < -0.3 is 19.7 Å². The minimum atomic E-state index is 0.0475. The smallest absolute Gasteiger partial charge is 0.317 e. The number of piperidine rings is 1. The summed E-state index contributed by atoms with van der Waals surface area (Å²) in [7, 11) is 1.64. The van der Waals surface area contributed by atoms with E-state index in [1.54, 1.807) is 7.11 Å². The number of nitrogens with one attached hydrogen (secondary N) is 1. The van der Waals surface area contributed by atoms with Crippen molar-refractivity contribution in [3.05, 3.63) is 23.8 Å². The molecule has 5 heteroatoms. The maximum Gasteiger partial charge on any atom is 0.317 e. The summed E-state index contributed by atoms with van der Waals surface area (Å²) in [4.78, 5) is 14.3. The van der Waals surface area contributed by atoms with Crippen molar-refractivity contribution in [2.75, 3.05) is 33.4 Å². The molecule has 1 N–H and O–H groups in total. The Hall–Kier alpha value is -1.91. The molecule has 1 aromatic rings. The molecular formula is C19H30N2O3. The first kappa shape index (κ1) is 18.4. The van der Waals surface area contributed by atoms with Crippen molar-refractivity contribution in [3.8, 4) is 11.5 Å². The molecule has 2 rings (SSSR count). The predicted molar refractivity (Wildman–Crippen MR) is 95.8 cm³/mol. The maximum absolute atomic E-state index is 12.3. The van der Waals surface area contributed by atoms with Crippen molar-refractivity contribution in [3.63, 3.8) is 0 Å². The highest BCUT2D eigenvalue weighted by atomic mass is 16.5. The Morgan fingerprint density at radius 3 is 2.58 bits per heavy atom. The second-order valence-electron chi connectivity index (χ2n) is 6.75. The van der Waals surface area contributed by atoms with E-state index in [1.807, 2.05) is 30.0 Å². The third kappa shape index (κ3) is 5.05. The highest BCUT2D eigenvalue weighted by molar-refractivity contribution is 5.74. The molecule has 1 aromatic carbocycles. The monoisotopic (exact) mass is 334 g/mol. The summed E-state index contributed by atoms with van der Waals surface area (Å²) in [5, 5.41) is 3.03. The van der Waals surface area contributed by atoms with Gasteiger partial charge in [-0.05, 0) is 49.3 Å². The van der Waals surface area contributed by atoms with Gasteiger partial charge in [-0.1, -0.05) is 19.9 Å². The molecular weight excluding hydrogens is 304 g/mol. The fraction of sp³-hybridized carbons (Fsp3) is 0.632. The number of urea groups is 1. The third-order valence-corrected chi connectivity index (χ3v) is 4.37. The molecule has 1 aliphatic rings. The number of benzene rings is 1. The number of likely N-dealkylation sites (tertiary alicyclic amines) is 1. The van der Waals surface area contributed by atoms with Crippen LogP contribution in [-0.2, 0) is 6.42 Å². The van der Waals surface area contributed by atoms with Gasteiger partial charge >= 0.3 is 6.03 Å². The Labute approximate surface area is 145 Å². The number of nitrogens with zero attached hydrogens (tertiary/aromatic N) is 1. The average molecular weight is 334 g/mol. The summed E-state index contributed by atoms with van der Waals surface area (Å²) in [5.41, 5.74) is 1.12. The van der Waals surface area contributed by atoms with Gasteiger partial charge in [-0.15, -0.1) is 0 Å². The maximum atomic E-state index is 12.3. The van der Waals surface area contributed by atoms with Crippen molar-refractivity contribution in [2.45, 2.75) is 33.6 Å². The zero-order valence-electron chi connectivity index (χ0n) is 15.3. The van der Waals surface area contributed by atoms with Crippen LogP contribution >= 0.6 is 0 Å². The number of rotatable bonds is 6. The van der Waals surface area contributed by atoms with Crippen molar-refractivity contribution in [1.82, 2.24) is 10.2 Å². The molecule has 0 spiro atoms. The molecule has 1 heterocycles. The van der Waals surface area contributed by atoms with E-state index < -0.39 is 0 Å². The van der Waals surface area contributed by atoms with Gasteiger partial charge in [-0.3, -0.25) is 0 Å². The number of amides is 2. The number of hydrogen-bond donors (Lipinski definition) is 1. The van der Waals surface area contributed by atoms with Crippen LogP contribution in [0.1, 0.15) is 32.8 Å². The zero-order valence-corrected chi connectivity index (χ0v) is 15.3. The summed E-state index contributed by atoms with van der Waals surface area (Å²) in [6.45, 7) is 9.31. The molecule has 0 radical (unpaired) electrons. The van der Waals surface area contributed by atoms with Crippen LogP contribution in [-0.4, -0.2) is 44.3 Å². The number of carbonyl (C=O) groups is 1. The Kier molecular flexibility index (Phi) is 6.76. The van der Waals surface area contributed by atoms with Crippen molar-refractivity contribution in [2.24, 2.45) is 11.8 Å². The van der Waals surface area contributed by atoms with Crippen LogP contribution in [0, 0.1) is 11.8 Å². The molecule has 134 valence electrons. The van der Waals surface area contributed by atoms with Gasteiger partial charge in [0, 0.05) is 19.6 Å². The van der Waals surface area contributed by atoms with Crippen LogP contribution in [0.4, 0.5) is 4.79 Å². The standard InChI is InChI=1S/C19H30N2O3/c1-5-24-17-7-6-16(11-18(17)23-4)8-9-20-19(22)21-12-14(2)10-15(3)13-21/h6-7,11,14-15H,5,8-10,12-13H2,1-4H3,(H,20,22). The van der Waals surface area contributed by atoms with Gasteiger partial charge in [0.15, 0.2) is 11.5 Å². The Balaban J connectivity index is 1.84. The average Bonchev–Trinajstić information content (AvgIpc) is 2.55. The van der Waals surface area contributed by atoms with Crippen LogP contribution in [0.25, 0.3) is 0 Å². The fourth-order valence-electron chi connectivity index (χ4n) is 3.40. The first-order valence-corrected chi connectivity index (χ1v) is 8.86. The summed E-state index contributed by atoms with van der Waals surface area (Å²) < 4.78 is 10.9. The minimum absolute atomic E-state index is 0.0475. The molecule has 2 unspecified atom stereocenters. The lowest BCUT2D eigenvalue weighted by Crippen LogP contribution is -2.47. The minimum Gasteiger partial charge on any atom is -0.493 e. The lowest BCUT2D eigenvalue weighted by molar-refractivity contribution is 0.146. The number of carbonyl (C=O) groups excluding carboxylic acids is 1. The van der Waals surface area contributed by atoms with E-state index in [9.17, 15) is 4.79 Å². The van der Waals surface area contributed by atoms with E-state index in [1.165, 1.54) is 6.42 Å². The number of methoxy groups -OCH3 is 1. The zero-order chi connectivity index (χ0) is 17.5. The molecule has 0 aromatic heterocycles. The van der Waals surface area contributed by atoms with Gasteiger partial charge in [0.1, 0.15) is 0 Å². The second kappa shape index (κ2) is 8.81. The lowest BCUT2D eigenvalue weighted by Gasteiger charge is -2.34. The predicted octanol–water partition coefficient (Wildman–Crippen LogP) is 3.32. The van der Waals surface area contributed by atoms with Crippen LogP contribution in [0.2, 0.25) is 0 Å². The van der Waals surface area contributed by atoms with E-state index in [0.717, 1.165) is 36.6 Å². The van der Waals surface area contributed by atoms with Crippen LogP contribution in [0.5, 0.6) is 11.5 Å². The van der Waals surface area contributed by atoms with Crippen molar-refractivity contribution < 1.29 is 14.3 Å². The molecule has 5 nitrogen and oxygen atoms in total. The van der Waals surface area contributed by atoms with E-state index in [-0.39, 0.29) is 6.03 Å². The normalized spacial score (nSPS) is 20.6. The Bertz CT molecular complexity index is 537. The largest absolute Gasteiger partial charge is 0.493 e. The number of hydrogen-bond acceptors (Lipinski definition) is 3. The molecule has 0 saturated carbocycles. The first-order chi connectivity index (χ1) is 11.5. The van der Waals surface area contributed by atoms with E-state index >= 15 is 0 Å². The summed E-state index contributed by atoms with van der Waals surface area (Å²) in [6.07, 6.45) is 1.98. The van der Waals surface area contributed by atoms with Gasteiger partial charge in [-0.25, -0.2) is 4.79 Å². The Morgan fingerprint density at radius 1 is 1.25 bits per heavy atom. The second-order valence-corrected chi connectivity index (χ2v) is 6.75. The summed E-state index contributed by atoms with van der Waals surface area (Å²) >= 11 is 0. The van der Waals surface area contributed by atoms with Crippen molar-refractivity contribution in [1.29, 1.82) is 0 Å². The SMILES string of the molecule is CCOc1ccc(CCNC(=O)N2CC(C)CC(C)C2)cc1OC. The Morgan fingerprint density at radius 2 is 1.96 bits per heavy atom. The lowest BCUT2D eigenvalue weighted by atomic mass is 9.92. The molecule has 1 saturated heterocycles. The quantitative estimate of drug-likeness (QED) is 0.868. The molecule has 0 bridgehead atoms. The summed E-state index contributed by atoms with van der Waals surface area (Å²) in [5.74, 6) is 2.65. The van der Waals surface area contributed by atoms with Crippen LogP contribution in [0.3, 0.4) is 0 Å². The van der Waals surface area contributed by atoms with E-state index in [4.69, 9.17) is 9.47 Å². The first-order valence-electron chi connectivity index (χ1n) is 8.86. The van der Waals surface area contributed by atoms with E-state index in [0.29, 0.717) is 25.0 Å². The molecule has 2 amide bonds. The van der Waals surface area contributed by atoms with Crippen LogP contribution in [0.15, 0.2) is 18.2 Å². The molecule has 1 aliphatic heterocycles. The van der Waals surface area contributed by atoms with Gasteiger partial charge in [-0.2, -0.15) is 0 Å². The number of ether oxygens (including phenoxy) is 2. The molecule has 1 fully saturated rings. The highest BCUT2D eigenvalue weighted by Gasteiger charge is 2.24. The van der Waals surface area contributed by atoms with Crippen LogP contribution < -0.4 is 14.8 Å². The topological polar surface area (TPSA) is 50.8 Å². The van der Waals surface area contributed by atoms with Gasteiger partial charge in [0.05, 0.1) is 13.7 Å². The molecule has 2 atom stereocenters. The molecule has 24 heavy (non-hydrogen) atoms.